The number of hydrogen-bond donors (Lipinski definition) is 0. The van der Waals surface area contributed by atoms with Crippen LogP contribution in [0.25, 0.3) is 10.2 Å². The molecule has 1 aliphatic heterocycles. The largest absolute Gasteiger partial charge is 0.277 e. The summed E-state index contributed by atoms with van der Waals surface area (Å²) < 4.78 is 0.910. The van der Waals surface area contributed by atoms with Crippen LogP contribution in [0.2, 0.25) is 5.02 Å². The van der Waals surface area contributed by atoms with E-state index in [2.05, 4.69) is 4.98 Å². The molecule has 4 nitrogen and oxygen atoms in total. The van der Waals surface area contributed by atoms with Crippen molar-refractivity contribution in [1.29, 1.82) is 0 Å². The fraction of sp³-hybridized carbons (Fsp3) is 0.471. The molecule has 2 aromatic rings. The molecule has 23 heavy (non-hydrogen) atoms. The Hall–Kier alpha value is -1.46. The van der Waals surface area contributed by atoms with Gasteiger partial charge in [-0.2, -0.15) is 0 Å². The van der Waals surface area contributed by atoms with Crippen molar-refractivity contribution in [3.63, 3.8) is 0 Å². The van der Waals surface area contributed by atoms with Gasteiger partial charge in [0.05, 0.1) is 21.8 Å². The van der Waals surface area contributed by atoms with Gasteiger partial charge < -0.3 is 0 Å². The Bertz CT molecular complexity index is 775. The van der Waals surface area contributed by atoms with E-state index in [0.717, 1.165) is 40.8 Å². The number of halogens is 1. The highest BCUT2D eigenvalue weighted by molar-refractivity contribution is 7.19. The molecule has 1 spiro atoms. The predicted octanol–water partition coefficient (Wildman–Crippen LogP) is 4.16. The summed E-state index contributed by atoms with van der Waals surface area (Å²) in [6.07, 6.45) is 7.01. The lowest BCUT2D eigenvalue weighted by molar-refractivity contribution is -0.154. The van der Waals surface area contributed by atoms with E-state index in [4.69, 9.17) is 11.6 Å². The second-order valence-corrected chi connectivity index (χ2v) is 8.20. The average molecular weight is 349 g/mol. The van der Waals surface area contributed by atoms with Gasteiger partial charge in [-0.3, -0.25) is 19.5 Å². The molecule has 0 radical (unpaired) electrons. The monoisotopic (exact) mass is 348 g/mol. The number of amides is 2. The third-order valence-electron chi connectivity index (χ3n) is 5.05. The summed E-state index contributed by atoms with van der Waals surface area (Å²) in [5, 5.41) is 0.660. The molecule has 1 aliphatic carbocycles. The van der Waals surface area contributed by atoms with Crippen molar-refractivity contribution in [2.45, 2.75) is 45.1 Å². The average Bonchev–Trinajstić information content (AvgIpc) is 3.11. The molecule has 6 heteroatoms. The Morgan fingerprint density at radius 1 is 1.22 bits per heavy atom. The molecule has 0 N–H and O–H groups in total. The summed E-state index contributed by atoms with van der Waals surface area (Å²) in [5.41, 5.74) is 0.775. The third-order valence-corrected chi connectivity index (χ3v) is 6.62. The first-order valence-electron chi connectivity index (χ1n) is 7.92. The van der Waals surface area contributed by atoms with Crippen LogP contribution in [0.3, 0.4) is 0 Å². The topological polar surface area (TPSA) is 50.3 Å². The Balaban J connectivity index is 1.57. The fourth-order valence-electron chi connectivity index (χ4n) is 3.88. The number of nitrogens with zero attached hydrogens (tertiary/aromatic N) is 2. The molecule has 2 fully saturated rings. The molecule has 120 valence electrons. The van der Waals surface area contributed by atoms with Crippen LogP contribution in [0.15, 0.2) is 18.3 Å². The van der Waals surface area contributed by atoms with Crippen LogP contribution in [0.5, 0.6) is 0 Å². The minimum atomic E-state index is -0.0459. The number of fused-ring (bicyclic) bond motifs is 1. The van der Waals surface area contributed by atoms with Crippen LogP contribution >= 0.6 is 22.9 Å². The summed E-state index contributed by atoms with van der Waals surface area (Å²) in [5.74, 6) is -0.0562. The maximum Gasteiger partial charge on any atom is 0.230 e. The first kappa shape index (κ1) is 15.1. The zero-order valence-corrected chi connectivity index (χ0v) is 14.3. The van der Waals surface area contributed by atoms with E-state index < -0.39 is 0 Å². The maximum atomic E-state index is 12.5. The Labute approximate surface area is 143 Å². The molecule has 0 aromatic carbocycles. The normalized spacial score (nSPS) is 20.8. The SMILES string of the molecule is O=C1CC2(CCCC2)CC(=O)N1Cc1cc2nccc(Cl)c2s1. The Morgan fingerprint density at radius 3 is 2.57 bits per heavy atom. The van der Waals surface area contributed by atoms with Gasteiger partial charge in [0.25, 0.3) is 0 Å². The summed E-state index contributed by atoms with van der Waals surface area (Å²) in [7, 11) is 0. The Kier molecular flexibility index (Phi) is 3.65. The van der Waals surface area contributed by atoms with Gasteiger partial charge >= 0.3 is 0 Å². The number of aromatic nitrogens is 1. The number of pyridine rings is 1. The molecule has 1 saturated heterocycles. The standard InChI is InChI=1S/C17H17ClN2O2S/c18-12-3-6-19-13-7-11(23-16(12)13)10-20-14(21)8-17(9-15(20)22)4-1-2-5-17/h3,6-7H,1-2,4-5,8-10H2. The smallest absolute Gasteiger partial charge is 0.230 e. The molecule has 1 saturated carbocycles. The molecule has 2 aromatic heterocycles. The number of rotatable bonds is 2. The highest BCUT2D eigenvalue weighted by Gasteiger charge is 2.45. The molecule has 3 heterocycles. The van der Waals surface area contributed by atoms with Crippen molar-refractivity contribution in [3.05, 3.63) is 28.2 Å². The van der Waals surface area contributed by atoms with Gasteiger partial charge in [-0.1, -0.05) is 24.4 Å². The van der Waals surface area contributed by atoms with Crippen molar-refractivity contribution < 1.29 is 9.59 Å². The zero-order chi connectivity index (χ0) is 16.0. The number of carbonyl (C=O) groups is 2. The van der Waals surface area contributed by atoms with Gasteiger partial charge in [0.15, 0.2) is 0 Å². The maximum absolute atomic E-state index is 12.5. The van der Waals surface area contributed by atoms with Crippen LogP contribution in [0, 0.1) is 5.41 Å². The van der Waals surface area contributed by atoms with Gasteiger partial charge in [-0.25, -0.2) is 0 Å². The quantitative estimate of drug-likeness (QED) is 0.766. The highest BCUT2D eigenvalue weighted by Crippen LogP contribution is 2.47. The van der Waals surface area contributed by atoms with E-state index in [0.29, 0.717) is 24.4 Å². The number of hydrogen-bond acceptors (Lipinski definition) is 4. The van der Waals surface area contributed by atoms with E-state index in [1.54, 1.807) is 12.3 Å². The second-order valence-electron chi connectivity index (χ2n) is 6.65. The summed E-state index contributed by atoms with van der Waals surface area (Å²) in [4.78, 5) is 31.7. The molecular weight excluding hydrogens is 332 g/mol. The van der Waals surface area contributed by atoms with E-state index >= 15 is 0 Å². The summed E-state index contributed by atoms with van der Waals surface area (Å²) in [6, 6.07) is 3.68. The predicted molar refractivity (Wildman–Crippen MR) is 90.3 cm³/mol. The number of carbonyl (C=O) groups excluding carboxylic acids is 2. The van der Waals surface area contributed by atoms with Gasteiger partial charge in [0.2, 0.25) is 11.8 Å². The number of imide groups is 1. The van der Waals surface area contributed by atoms with Gasteiger partial charge in [-0.15, -0.1) is 11.3 Å². The molecule has 0 unspecified atom stereocenters. The van der Waals surface area contributed by atoms with Crippen LogP contribution in [0.1, 0.15) is 43.4 Å². The first-order valence-corrected chi connectivity index (χ1v) is 9.12. The van der Waals surface area contributed by atoms with E-state index in [1.807, 2.05) is 6.07 Å². The zero-order valence-electron chi connectivity index (χ0n) is 12.7. The fourth-order valence-corrected chi connectivity index (χ4v) is 5.16. The first-order chi connectivity index (χ1) is 11.1. The van der Waals surface area contributed by atoms with Crippen molar-refractivity contribution >= 4 is 45.0 Å². The summed E-state index contributed by atoms with van der Waals surface area (Å²) >= 11 is 7.68. The molecule has 2 amide bonds. The minimum Gasteiger partial charge on any atom is -0.277 e. The molecule has 4 rings (SSSR count). The third kappa shape index (κ3) is 2.66. The van der Waals surface area contributed by atoms with Crippen LogP contribution in [0.4, 0.5) is 0 Å². The van der Waals surface area contributed by atoms with Crippen LogP contribution in [-0.2, 0) is 16.1 Å². The van der Waals surface area contributed by atoms with Crippen LogP contribution < -0.4 is 0 Å². The van der Waals surface area contributed by atoms with E-state index in [-0.39, 0.29) is 17.2 Å². The molecule has 0 bridgehead atoms. The molecule has 0 atom stereocenters. The van der Waals surface area contributed by atoms with Gasteiger partial charge in [0.1, 0.15) is 0 Å². The van der Waals surface area contributed by atoms with E-state index in [1.165, 1.54) is 16.2 Å². The Morgan fingerprint density at radius 2 is 1.91 bits per heavy atom. The number of piperidine rings is 1. The van der Waals surface area contributed by atoms with Crippen LogP contribution in [-0.4, -0.2) is 21.7 Å². The van der Waals surface area contributed by atoms with Crippen molar-refractivity contribution in [2.75, 3.05) is 0 Å². The van der Waals surface area contributed by atoms with Crippen molar-refractivity contribution in [1.82, 2.24) is 9.88 Å². The number of thiophene rings is 1. The molecule has 2 aliphatic rings. The van der Waals surface area contributed by atoms with Gasteiger partial charge in [0, 0.05) is 23.9 Å². The molecular formula is C17H17ClN2O2S. The highest BCUT2D eigenvalue weighted by atomic mass is 35.5. The number of likely N-dealkylation sites (tertiary alicyclic amines) is 1. The summed E-state index contributed by atoms with van der Waals surface area (Å²) in [6.45, 7) is 0.338. The van der Waals surface area contributed by atoms with E-state index in [9.17, 15) is 9.59 Å². The lowest BCUT2D eigenvalue weighted by Gasteiger charge is -2.37. The minimum absolute atomic E-state index is 0.0281. The van der Waals surface area contributed by atoms with Crippen molar-refractivity contribution in [2.24, 2.45) is 5.41 Å². The van der Waals surface area contributed by atoms with Gasteiger partial charge in [-0.05, 0) is 30.4 Å². The lowest BCUT2D eigenvalue weighted by Crippen LogP contribution is -2.46. The van der Waals surface area contributed by atoms with Crippen molar-refractivity contribution in [3.8, 4) is 0 Å². The lowest BCUT2D eigenvalue weighted by atomic mass is 9.76. The second kappa shape index (κ2) is 5.56.